The van der Waals surface area contributed by atoms with Crippen molar-refractivity contribution in [1.82, 2.24) is 10.2 Å². The zero-order valence-electron chi connectivity index (χ0n) is 20.2. The fraction of sp³-hybridized carbons (Fsp3) is 0.423. The number of rotatable bonds is 10. The molecule has 2 rings (SSSR count). The Morgan fingerprint density at radius 2 is 1.58 bits per heavy atom. The summed E-state index contributed by atoms with van der Waals surface area (Å²) in [5.41, 5.74) is 3.38. The van der Waals surface area contributed by atoms with Crippen molar-refractivity contribution in [2.75, 3.05) is 38.7 Å². The van der Waals surface area contributed by atoms with Gasteiger partial charge in [0.05, 0.1) is 13.1 Å². The van der Waals surface area contributed by atoms with Gasteiger partial charge in [0.25, 0.3) is 5.91 Å². The number of carbonyl (C=O) groups is 3. The number of anilines is 1. The van der Waals surface area contributed by atoms with Crippen LogP contribution in [0.3, 0.4) is 0 Å². The Morgan fingerprint density at radius 1 is 0.939 bits per heavy atom. The van der Waals surface area contributed by atoms with E-state index >= 15 is 0 Å². The van der Waals surface area contributed by atoms with Crippen LogP contribution in [0.4, 0.5) is 5.69 Å². The third-order valence-electron chi connectivity index (χ3n) is 5.18. The molecule has 0 spiro atoms. The van der Waals surface area contributed by atoms with Crippen LogP contribution in [0.15, 0.2) is 48.5 Å². The average Bonchev–Trinajstić information content (AvgIpc) is 2.78. The van der Waals surface area contributed by atoms with Crippen molar-refractivity contribution < 1.29 is 19.1 Å². The van der Waals surface area contributed by atoms with Crippen molar-refractivity contribution in [3.63, 3.8) is 0 Å². The molecule has 2 aromatic carbocycles. The van der Waals surface area contributed by atoms with Gasteiger partial charge in [0.2, 0.25) is 11.8 Å². The minimum atomic E-state index is -0.397. The molecule has 0 heterocycles. The first-order chi connectivity index (χ1) is 15.6. The number of aryl methyl sites for hydroxylation is 1. The summed E-state index contributed by atoms with van der Waals surface area (Å²) in [6, 6.07) is 14.9. The van der Waals surface area contributed by atoms with Crippen LogP contribution in [-0.2, 0) is 19.7 Å². The van der Waals surface area contributed by atoms with Crippen molar-refractivity contribution in [1.29, 1.82) is 0 Å². The molecule has 0 fully saturated rings. The third-order valence-corrected chi connectivity index (χ3v) is 5.18. The number of carbonyl (C=O) groups excluding carboxylic acids is 3. The largest absolute Gasteiger partial charge is 0.385 e. The highest BCUT2D eigenvalue weighted by Crippen LogP contribution is 2.22. The van der Waals surface area contributed by atoms with Crippen LogP contribution in [0.5, 0.6) is 0 Å². The second-order valence-corrected chi connectivity index (χ2v) is 9.09. The van der Waals surface area contributed by atoms with Gasteiger partial charge in [-0.3, -0.25) is 14.4 Å². The molecule has 178 valence electrons. The first-order valence-electron chi connectivity index (χ1n) is 11.1. The molecule has 0 saturated carbocycles. The van der Waals surface area contributed by atoms with E-state index in [4.69, 9.17) is 4.74 Å². The number of amides is 3. The maximum absolute atomic E-state index is 13.1. The summed E-state index contributed by atoms with van der Waals surface area (Å²) in [7, 11) is 1.59. The van der Waals surface area contributed by atoms with Crippen molar-refractivity contribution in [3.05, 3.63) is 65.2 Å². The minimum absolute atomic E-state index is 0.0151. The van der Waals surface area contributed by atoms with Crippen LogP contribution in [0.1, 0.15) is 48.7 Å². The first-order valence-corrected chi connectivity index (χ1v) is 11.1. The second kappa shape index (κ2) is 12.2. The number of methoxy groups -OCH3 is 1. The maximum Gasteiger partial charge on any atom is 0.254 e. The SMILES string of the molecule is COCCCN(CC(=O)NCC(=O)Nc1ccc(C)cc1)C(=O)c1ccc(C(C)(C)C)cc1. The number of benzene rings is 2. The molecule has 0 atom stereocenters. The molecule has 33 heavy (non-hydrogen) atoms. The number of hydrogen-bond acceptors (Lipinski definition) is 4. The molecule has 0 saturated heterocycles. The number of hydrogen-bond donors (Lipinski definition) is 2. The lowest BCUT2D eigenvalue weighted by Gasteiger charge is -2.23. The van der Waals surface area contributed by atoms with E-state index in [-0.39, 0.29) is 30.3 Å². The van der Waals surface area contributed by atoms with Gasteiger partial charge < -0.3 is 20.3 Å². The normalized spacial score (nSPS) is 11.1. The summed E-state index contributed by atoms with van der Waals surface area (Å²) in [6.07, 6.45) is 0.601. The molecule has 0 radical (unpaired) electrons. The molecule has 7 nitrogen and oxygen atoms in total. The highest BCUT2D eigenvalue weighted by atomic mass is 16.5. The fourth-order valence-electron chi connectivity index (χ4n) is 3.20. The van der Waals surface area contributed by atoms with Gasteiger partial charge in [-0.05, 0) is 48.6 Å². The van der Waals surface area contributed by atoms with Gasteiger partial charge in [-0.2, -0.15) is 0 Å². The number of ether oxygens (including phenoxy) is 1. The zero-order valence-corrected chi connectivity index (χ0v) is 20.2. The van der Waals surface area contributed by atoms with E-state index in [0.717, 1.165) is 11.1 Å². The van der Waals surface area contributed by atoms with Crippen LogP contribution >= 0.6 is 0 Å². The van der Waals surface area contributed by atoms with Crippen molar-refractivity contribution >= 4 is 23.4 Å². The van der Waals surface area contributed by atoms with E-state index in [2.05, 4.69) is 31.4 Å². The van der Waals surface area contributed by atoms with Gasteiger partial charge in [-0.1, -0.05) is 50.6 Å². The number of nitrogens with one attached hydrogen (secondary N) is 2. The molecule has 2 aromatic rings. The van der Waals surface area contributed by atoms with Gasteiger partial charge in [0, 0.05) is 31.5 Å². The smallest absolute Gasteiger partial charge is 0.254 e. The van der Waals surface area contributed by atoms with Gasteiger partial charge in [-0.25, -0.2) is 0 Å². The molecule has 0 aromatic heterocycles. The molecule has 3 amide bonds. The Balaban J connectivity index is 1.96. The van der Waals surface area contributed by atoms with Gasteiger partial charge in [0.1, 0.15) is 0 Å². The van der Waals surface area contributed by atoms with E-state index in [1.165, 1.54) is 4.90 Å². The molecule has 0 unspecified atom stereocenters. The average molecular weight is 454 g/mol. The van der Waals surface area contributed by atoms with E-state index in [1.807, 2.05) is 31.2 Å². The lowest BCUT2D eigenvalue weighted by molar-refractivity contribution is -0.124. The Hall–Kier alpha value is -3.19. The second-order valence-electron chi connectivity index (χ2n) is 9.09. The lowest BCUT2D eigenvalue weighted by atomic mass is 9.86. The number of nitrogens with zero attached hydrogens (tertiary/aromatic N) is 1. The van der Waals surface area contributed by atoms with Crippen LogP contribution in [0.25, 0.3) is 0 Å². The molecule has 0 aliphatic rings. The predicted molar refractivity (Wildman–Crippen MR) is 130 cm³/mol. The molecular formula is C26H35N3O4. The summed E-state index contributed by atoms with van der Waals surface area (Å²) >= 11 is 0. The van der Waals surface area contributed by atoms with Crippen LogP contribution in [0.2, 0.25) is 0 Å². The highest BCUT2D eigenvalue weighted by molar-refractivity contribution is 5.98. The third kappa shape index (κ3) is 8.69. The van der Waals surface area contributed by atoms with E-state index in [0.29, 0.717) is 30.8 Å². The van der Waals surface area contributed by atoms with Crippen LogP contribution in [-0.4, -0.2) is 56.0 Å². The summed E-state index contributed by atoms with van der Waals surface area (Å²) in [5.74, 6) is -0.959. The summed E-state index contributed by atoms with van der Waals surface area (Å²) in [6.45, 7) is 8.84. The molecule has 0 bridgehead atoms. The molecule has 0 aliphatic carbocycles. The standard InChI is InChI=1S/C26H35N3O4/c1-19-7-13-22(14-8-19)28-23(30)17-27-24(31)18-29(15-6-16-33-5)25(32)20-9-11-21(12-10-20)26(2,3)4/h7-14H,6,15-18H2,1-5H3,(H,27,31)(H,28,30). The Bertz CT molecular complexity index is 932. The minimum Gasteiger partial charge on any atom is -0.385 e. The summed E-state index contributed by atoms with van der Waals surface area (Å²) in [5, 5.41) is 5.33. The Kier molecular flexibility index (Phi) is 9.60. The highest BCUT2D eigenvalue weighted by Gasteiger charge is 2.20. The van der Waals surface area contributed by atoms with Crippen LogP contribution in [0, 0.1) is 6.92 Å². The first kappa shape index (κ1) is 26.1. The van der Waals surface area contributed by atoms with E-state index in [1.54, 1.807) is 31.4 Å². The zero-order chi connectivity index (χ0) is 24.4. The fourth-order valence-corrected chi connectivity index (χ4v) is 3.20. The molecule has 2 N–H and O–H groups in total. The Labute approximate surface area is 196 Å². The predicted octanol–water partition coefficient (Wildman–Crippen LogP) is 3.53. The van der Waals surface area contributed by atoms with E-state index in [9.17, 15) is 14.4 Å². The van der Waals surface area contributed by atoms with Gasteiger partial charge in [0.15, 0.2) is 0 Å². The monoisotopic (exact) mass is 453 g/mol. The summed E-state index contributed by atoms with van der Waals surface area (Å²) < 4.78 is 5.09. The topological polar surface area (TPSA) is 87.7 Å². The van der Waals surface area contributed by atoms with E-state index < -0.39 is 5.91 Å². The van der Waals surface area contributed by atoms with Crippen molar-refractivity contribution in [3.8, 4) is 0 Å². The lowest BCUT2D eigenvalue weighted by Crippen LogP contribution is -2.43. The maximum atomic E-state index is 13.1. The molecular weight excluding hydrogens is 418 g/mol. The molecule has 7 heteroatoms. The quantitative estimate of drug-likeness (QED) is 0.539. The van der Waals surface area contributed by atoms with Crippen molar-refractivity contribution in [2.24, 2.45) is 0 Å². The van der Waals surface area contributed by atoms with Crippen LogP contribution < -0.4 is 10.6 Å². The van der Waals surface area contributed by atoms with Gasteiger partial charge in [-0.15, -0.1) is 0 Å². The van der Waals surface area contributed by atoms with Gasteiger partial charge >= 0.3 is 0 Å². The Morgan fingerprint density at radius 3 is 2.15 bits per heavy atom. The summed E-state index contributed by atoms with van der Waals surface area (Å²) in [4.78, 5) is 39.2. The van der Waals surface area contributed by atoms with Crippen molar-refractivity contribution in [2.45, 2.75) is 39.5 Å². The molecule has 0 aliphatic heterocycles.